The molecule has 0 aromatic heterocycles. The Morgan fingerprint density at radius 2 is 1.77 bits per heavy atom. The molecule has 0 radical (unpaired) electrons. The summed E-state index contributed by atoms with van der Waals surface area (Å²) < 4.78 is 28.0. The lowest BCUT2D eigenvalue weighted by molar-refractivity contribution is 0.0952. The molecule has 1 amide bonds. The smallest absolute Gasteiger partial charge is 0.261 e. The van der Waals surface area contributed by atoms with Gasteiger partial charge in [0.1, 0.15) is 0 Å². The third-order valence-electron chi connectivity index (χ3n) is 4.11. The van der Waals surface area contributed by atoms with E-state index in [0.717, 1.165) is 31.2 Å². The quantitative estimate of drug-likeness (QED) is 0.652. The molecule has 2 rings (SSSR count). The van der Waals surface area contributed by atoms with Crippen molar-refractivity contribution in [2.45, 2.75) is 44.4 Å². The van der Waals surface area contributed by atoms with Crippen molar-refractivity contribution >= 4 is 21.6 Å². The summed E-state index contributed by atoms with van der Waals surface area (Å²) in [6.45, 7) is 4.66. The van der Waals surface area contributed by atoms with E-state index in [0.29, 0.717) is 17.8 Å². The van der Waals surface area contributed by atoms with Crippen molar-refractivity contribution in [3.8, 4) is 0 Å². The molecule has 0 bridgehead atoms. The van der Waals surface area contributed by atoms with Gasteiger partial charge in [0, 0.05) is 12.1 Å². The van der Waals surface area contributed by atoms with Crippen molar-refractivity contribution in [2.24, 2.45) is 0 Å². The summed E-state index contributed by atoms with van der Waals surface area (Å²) in [5, 5.41) is 2.83. The van der Waals surface area contributed by atoms with Crippen molar-refractivity contribution in [3.63, 3.8) is 0 Å². The Balaban J connectivity index is 2.16. The number of nitrogens with one attached hydrogen (secondary N) is 2. The van der Waals surface area contributed by atoms with E-state index in [1.54, 1.807) is 24.3 Å². The van der Waals surface area contributed by atoms with Gasteiger partial charge >= 0.3 is 0 Å². The molecule has 0 spiro atoms. The zero-order chi connectivity index (χ0) is 19.0. The average Bonchev–Trinajstić information content (AvgIpc) is 2.65. The van der Waals surface area contributed by atoms with E-state index in [4.69, 9.17) is 0 Å². The van der Waals surface area contributed by atoms with Crippen LogP contribution in [0.1, 0.15) is 49.0 Å². The van der Waals surface area contributed by atoms with Crippen LogP contribution in [0.3, 0.4) is 0 Å². The van der Waals surface area contributed by atoms with Crippen LogP contribution in [0.25, 0.3) is 0 Å². The summed E-state index contributed by atoms with van der Waals surface area (Å²) >= 11 is 0. The molecular formula is C20H26N2O3S. The lowest BCUT2D eigenvalue weighted by atomic mass is 10.1. The molecule has 0 saturated heterocycles. The molecule has 0 aliphatic heterocycles. The first-order chi connectivity index (χ1) is 12.5. The summed E-state index contributed by atoms with van der Waals surface area (Å²) in [5.74, 6) is -0.257. The van der Waals surface area contributed by atoms with Crippen LogP contribution in [-0.2, 0) is 16.4 Å². The van der Waals surface area contributed by atoms with Gasteiger partial charge in [-0.25, -0.2) is 8.42 Å². The van der Waals surface area contributed by atoms with Crippen molar-refractivity contribution in [1.29, 1.82) is 0 Å². The number of unbranched alkanes of at least 4 members (excludes halogenated alkanes) is 2. The average molecular weight is 375 g/mol. The highest BCUT2D eigenvalue weighted by molar-refractivity contribution is 7.92. The highest BCUT2D eigenvalue weighted by Gasteiger charge is 2.17. The Kier molecular flexibility index (Phi) is 7.21. The predicted molar refractivity (Wildman–Crippen MR) is 105 cm³/mol. The van der Waals surface area contributed by atoms with E-state index in [-0.39, 0.29) is 10.8 Å². The van der Waals surface area contributed by atoms with Crippen molar-refractivity contribution in [2.75, 3.05) is 11.3 Å². The molecule has 0 atom stereocenters. The number of rotatable bonds is 9. The second-order valence-corrected chi connectivity index (χ2v) is 7.79. The molecule has 2 aromatic rings. The minimum Gasteiger partial charge on any atom is -0.352 e. The molecule has 0 aliphatic carbocycles. The van der Waals surface area contributed by atoms with E-state index in [1.165, 1.54) is 12.1 Å². The van der Waals surface area contributed by atoms with E-state index in [2.05, 4.69) is 17.0 Å². The molecule has 5 nitrogen and oxygen atoms in total. The van der Waals surface area contributed by atoms with E-state index < -0.39 is 10.0 Å². The summed E-state index contributed by atoms with van der Waals surface area (Å²) in [6.07, 6.45) is 3.76. The van der Waals surface area contributed by atoms with Gasteiger partial charge in [0.05, 0.1) is 10.6 Å². The fraction of sp³-hybridized carbons (Fsp3) is 0.350. The maximum Gasteiger partial charge on any atom is 0.261 e. The summed E-state index contributed by atoms with van der Waals surface area (Å²) in [7, 11) is -3.76. The number of para-hydroxylation sites is 1. The van der Waals surface area contributed by atoms with E-state index in [9.17, 15) is 13.2 Å². The number of benzene rings is 2. The number of carbonyl (C=O) groups excluding carboxylic acids is 1. The fourth-order valence-electron chi connectivity index (χ4n) is 2.62. The number of aryl methyl sites for hydroxylation is 1. The highest BCUT2D eigenvalue weighted by atomic mass is 32.2. The van der Waals surface area contributed by atoms with Crippen LogP contribution in [-0.4, -0.2) is 20.9 Å². The molecule has 0 fully saturated rings. The fourth-order valence-corrected chi connectivity index (χ4v) is 3.76. The lowest BCUT2D eigenvalue weighted by Crippen LogP contribution is -2.24. The van der Waals surface area contributed by atoms with Crippen LogP contribution in [0.4, 0.5) is 5.69 Å². The molecule has 0 heterocycles. The Morgan fingerprint density at radius 3 is 2.50 bits per heavy atom. The molecule has 140 valence electrons. The highest BCUT2D eigenvalue weighted by Crippen LogP contribution is 2.21. The van der Waals surface area contributed by atoms with Gasteiger partial charge in [-0.2, -0.15) is 0 Å². The van der Waals surface area contributed by atoms with Crippen LogP contribution in [0, 0.1) is 0 Å². The van der Waals surface area contributed by atoms with Gasteiger partial charge in [0.15, 0.2) is 0 Å². The van der Waals surface area contributed by atoms with Crippen LogP contribution in [0.5, 0.6) is 0 Å². The summed E-state index contributed by atoms with van der Waals surface area (Å²) in [4.78, 5) is 12.3. The predicted octanol–water partition coefficient (Wildman–Crippen LogP) is 3.97. The first kappa shape index (κ1) is 20.0. The number of hydrogen-bond acceptors (Lipinski definition) is 3. The third kappa shape index (κ3) is 5.33. The van der Waals surface area contributed by atoms with Crippen LogP contribution >= 0.6 is 0 Å². The number of hydrogen-bond donors (Lipinski definition) is 2. The molecule has 0 aliphatic rings. The van der Waals surface area contributed by atoms with Gasteiger partial charge in [-0.05, 0) is 42.7 Å². The molecule has 0 saturated carbocycles. The van der Waals surface area contributed by atoms with E-state index in [1.807, 2.05) is 19.1 Å². The number of anilines is 1. The van der Waals surface area contributed by atoms with Gasteiger partial charge in [0.2, 0.25) is 0 Å². The Morgan fingerprint density at radius 1 is 1.00 bits per heavy atom. The lowest BCUT2D eigenvalue weighted by Gasteiger charge is -2.12. The second kappa shape index (κ2) is 9.38. The third-order valence-corrected chi connectivity index (χ3v) is 5.48. The van der Waals surface area contributed by atoms with Crippen LogP contribution < -0.4 is 10.0 Å². The molecule has 26 heavy (non-hydrogen) atoms. The normalized spacial score (nSPS) is 11.2. The van der Waals surface area contributed by atoms with Crippen molar-refractivity contribution < 1.29 is 13.2 Å². The number of amides is 1. The van der Waals surface area contributed by atoms with Gasteiger partial charge in [-0.3, -0.25) is 9.52 Å². The monoisotopic (exact) mass is 374 g/mol. The standard InChI is InChI=1S/C20H26N2O3S/c1-3-5-8-14-21-20(23)17-11-9-12-18(15-17)26(24,25)22-19-13-7-6-10-16(19)4-2/h6-7,9-13,15,22H,3-5,8,14H2,1-2H3,(H,21,23). The molecule has 0 unspecified atom stereocenters. The van der Waals surface area contributed by atoms with Crippen LogP contribution in [0.15, 0.2) is 53.4 Å². The Bertz CT molecular complexity index is 848. The van der Waals surface area contributed by atoms with Crippen molar-refractivity contribution in [3.05, 3.63) is 59.7 Å². The first-order valence-corrected chi connectivity index (χ1v) is 10.4. The molecule has 2 N–H and O–H groups in total. The van der Waals surface area contributed by atoms with Gasteiger partial charge in [-0.15, -0.1) is 0 Å². The first-order valence-electron chi connectivity index (χ1n) is 8.97. The minimum atomic E-state index is -3.76. The summed E-state index contributed by atoms with van der Waals surface area (Å²) in [5.41, 5.74) is 1.82. The van der Waals surface area contributed by atoms with E-state index >= 15 is 0 Å². The Labute approximate surface area is 155 Å². The zero-order valence-corrected chi connectivity index (χ0v) is 16.1. The largest absolute Gasteiger partial charge is 0.352 e. The second-order valence-electron chi connectivity index (χ2n) is 6.11. The van der Waals surface area contributed by atoms with Gasteiger partial charge < -0.3 is 5.32 Å². The molecule has 2 aromatic carbocycles. The molecule has 6 heteroatoms. The Hall–Kier alpha value is -2.34. The van der Waals surface area contributed by atoms with Crippen molar-refractivity contribution in [1.82, 2.24) is 5.32 Å². The summed E-state index contributed by atoms with van der Waals surface area (Å²) in [6, 6.07) is 13.4. The number of carbonyl (C=O) groups is 1. The van der Waals surface area contributed by atoms with Crippen LogP contribution in [0.2, 0.25) is 0 Å². The SMILES string of the molecule is CCCCCNC(=O)c1cccc(S(=O)(=O)Nc2ccccc2CC)c1. The van der Waals surface area contributed by atoms with Gasteiger partial charge in [-0.1, -0.05) is 51.0 Å². The minimum absolute atomic E-state index is 0.0737. The zero-order valence-electron chi connectivity index (χ0n) is 15.3. The topological polar surface area (TPSA) is 75.3 Å². The maximum absolute atomic E-state index is 12.7. The molecular weight excluding hydrogens is 348 g/mol. The number of sulfonamides is 1. The maximum atomic E-state index is 12.7. The van der Waals surface area contributed by atoms with Gasteiger partial charge in [0.25, 0.3) is 15.9 Å².